The van der Waals surface area contributed by atoms with E-state index >= 15 is 0 Å². The molecule has 0 saturated carbocycles. The van der Waals surface area contributed by atoms with Gasteiger partial charge in [0.1, 0.15) is 0 Å². The summed E-state index contributed by atoms with van der Waals surface area (Å²) in [5, 5.41) is 2.16. The number of hydrogen-bond acceptors (Lipinski definition) is 4. The van der Waals surface area contributed by atoms with Crippen LogP contribution in [-0.4, -0.2) is 36.1 Å². The number of fused-ring (bicyclic) bond motifs is 1. The number of para-hydroxylation sites is 1. The van der Waals surface area contributed by atoms with Crippen molar-refractivity contribution in [2.24, 2.45) is 4.99 Å². The van der Waals surface area contributed by atoms with Crippen molar-refractivity contribution in [1.29, 1.82) is 0 Å². The van der Waals surface area contributed by atoms with Crippen molar-refractivity contribution in [3.63, 3.8) is 0 Å². The van der Waals surface area contributed by atoms with Gasteiger partial charge in [-0.2, -0.15) is 0 Å². The first-order valence-electron chi connectivity index (χ1n) is 10.1. The second-order valence-corrected chi connectivity index (χ2v) is 7.95. The molecule has 0 aliphatic rings. The van der Waals surface area contributed by atoms with E-state index in [4.69, 9.17) is 9.73 Å². The molecule has 156 valence electrons. The Morgan fingerprint density at radius 3 is 2.10 bits per heavy atom. The predicted molar refractivity (Wildman–Crippen MR) is 128 cm³/mol. The number of methoxy groups -OCH3 is 1. The van der Waals surface area contributed by atoms with Crippen molar-refractivity contribution in [1.82, 2.24) is 4.98 Å². The summed E-state index contributed by atoms with van der Waals surface area (Å²) < 4.78 is 5.16. The number of esters is 1. The summed E-state index contributed by atoms with van der Waals surface area (Å²) in [7, 11) is 1.42. The van der Waals surface area contributed by atoms with Gasteiger partial charge in [0, 0.05) is 28.5 Å². The molecule has 0 bridgehead atoms. The van der Waals surface area contributed by atoms with Crippen molar-refractivity contribution >= 4 is 34.3 Å². The van der Waals surface area contributed by atoms with Crippen molar-refractivity contribution in [3.8, 4) is 0 Å². The van der Waals surface area contributed by atoms with E-state index in [-0.39, 0.29) is 5.97 Å². The van der Waals surface area contributed by atoms with Crippen LogP contribution in [0.4, 0.5) is 0 Å². The molecule has 3 aromatic carbocycles. The number of aromatic amines is 1. The van der Waals surface area contributed by atoms with Gasteiger partial charge < -0.3 is 9.72 Å². The van der Waals surface area contributed by atoms with Crippen LogP contribution in [0.5, 0.6) is 0 Å². The fourth-order valence-electron chi connectivity index (χ4n) is 3.73. The summed E-state index contributed by atoms with van der Waals surface area (Å²) in [6.45, 7) is 0. The van der Waals surface area contributed by atoms with Gasteiger partial charge in [0.15, 0.2) is 6.04 Å². The maximum atomic E-state index is 12.8. The highest BCUT2D eigenvalue weighted by Crippen LogP contribution is 2.30. The lowest BCUT2D eigenvalue weighted by Crippen LogP contribution is -2.25. The third-order valence-electron chi connectivity index (χ3n) is 5.23. The number of carbonyl (C=O) groups is 1. The molecule has 0 amide bonds. The van der Waals surface area contributed by atoms with Gasteiger partial charge in [-0.05, 0) is 17.9 Å². The summed E-state index contributed by atoms with van der Waals surface area (Å²) in [5.74, 6) is -0.346. The van der Waals surface area contributed by atoms with E-state index in [1.165, 1.54) is 7.11 Å². The lowest BCUT2D eigenvalue weighted by Gasteiger charge is -2.15. The van der Waals surface area contributed by atoms with Crippen molar-refractivity contribution in [2.45, 2.75) is 17.5 Å². The summed E-state index contributed by atoms with van der Waals surface area (Å²) in [4.78, 5) is 21.2. The van der Waals surface area contributed by atoms with Crippen LogP contribution in [0.15, 0.2) is 94.9 Å². The molecule has 4 rings (SSSR count). The van der Waals surface area contributed by atoms with E-state index in [1.807, 2.05) is 85.1 Å². The average Bonchev–Trinajstić information content (AvgIpc) is 3.19. The molecule has 0 unspecified atom stereocenters. The van der Waals surface area contributed by atoms with Crippen molar-refractivity contribution in [2.75, 3.05) is 13.4 Å². The zero-order chi connectivity index (χ0) is 21.6. The molecule has 5 heteroatoms. The molecular formula is C26H24N2O2S. The third-order valence-corrected chi connectivity index (χ3v) is 5.99. The average molecular weight is 429 g/mol. The number of H-pyrrole nitrogens is 1. The number of aromatic nitrogens is 1. The normalized spacial score (nSPS) is 11.8. The smallest absolute Gasteiger partial charge is 0.330 e. The highest BCUT2D eigenvalue weighted by atomic mass is 32.2. The van der Waals surface area contributed by atoms with Crippen LogP contribution >= 0.6 is 11.8 Å². The second kappa shape index (κ2) is 9.67. The minimum atomic E-state index is -0.662. The molecule has 0 aliphatic carbocycles. The van der Waals surface area contributed by atoms with Crippen LogP contribution in [0.3, 0.4) is 0 Å². The first-order chi connectivity index (χ1) is 15.2. The standard InChI is InChI=1S/C26H24N2O2S/c1-30-26(29)23(17-21-20-15-9-10-16-22(20)28-25(21)31-2)27-24(18-11-5-3-6-12-18)19-13-7-4-8-14-19/h3-16,23,28H,17H2,1-2H3/t23-/m1/s1. The highest BCUT2D eigenvalue weighted by Gasteiger charge is 2.24. The molecule has 1 N–H and O–H groups in total. The molecule has 4 nitrogen and oxygen atoms in total. The predicted octanol–water partition coefficient (Wildman–Crippen LogP) is 5.51. The maximum absolute atomic E-state index is 12.8. The van der Waals surface area contributed by atoms with Gasteiger partial charge in [0.2, 0.25) is 0 Å². The number of aliphatic imine (C=N–C) groups is 1. The van der Waals surface area contributed by atoms with E-state index in [1.54, 1.807) is 11.8 Å². The van der Waals surface area contributed by atoms with E-state index in [0.29, 0.717) is 6.42 Å². The Labute approximate surface area is 186 Å². The number of rotatable bonds is 7. The summed E-state index contributed by atoms with van der Waals surface area (Å²) in [6, 6.07) is 27.4. The number of nitrogens with one attached hydrogen (secondary N) is 1. The maximum Gasteiger partial charge on any atom is 0.330 e. The van der Waals surface area contributed by atoms with E-state index < -0.39 is 6.04 Å². The van der Waals surface area contributed by atoms with Gasteiger partial charge >= 0.3 is 5.97 Å². The zero-order valence-electron chi connectivity index (χ0n) is 17.5. The van der Waals surface area contributed by atoms with Crippen LogP contribution in [-0.2, 0) is 16.0 Å². The fourth-order valence-corrected chi connectivity index (χ4v) is 4.38. The first-order valence-corrected chi connectivity index (χ1v) is 11.3. The number of thioether (sulfide) groups is 1. The monoisotopic (exact) mass is 428 g/mol. The van der Waals surface area contributed by atoms with E-state index in [0.717, 1.165) is 38.3 Å². The molecule has 1 atom stereocenters. The van der Waals surface area contributed by atoms with Crippen LogP contribution in [0, 0.1) is 0 Å². The largest absolute Gasteiger partial charge is 0.467 e. The van der Waals surface area contributed by atoms with Gasteiger partial charge in [-0.3, -0.25) is 4.99 Å². The SMILES string of the molecule is COC(=O)[C@@H](Cc1c(SC)[nH]c2ccccc12)N=C(c1ccccc1)c1ccccc1. The minimum absolute atomic E-state index is 0.346. The number of carbonyl (C=O) groups excluding carboxylic acids is 1. The van der Waals surface area contributed by atoms with Crippen LogP contribution in [0.1, 0.15) is 16.7 Å². The van der Waals surface area contributed by atoms with Gasteiger partial charge in [0.05, 0.1) is 17.8 Å². The number of benzene rings is 3. The molecule has 31 heavy (non-hydrogen) atoms. The Bertz CT molecular complexity index is 1160. The lowest BCUT2D eigenvalue weighted by atomic mass is 10.0. The van der Waals surface area contributed by atoms with Crippen molar-refractivity contribution < 1.29 is 9.53 Å². The van der Waals surface area contributed by atoms with E-state index in [2.05, 4.69) is 11.1 Å². The lowest BCUT2D eigenvalue weighted by molar-refractivity contribution is -0.142. The third kappa shape index (κ3) is 4.57. The summed E-state index contributed by atoms with van der Waals surface area (Å²) in [6.07, 6.45) is 2.49. The molecular weight excluding hydrogens is 404 g/mol. The molecule has 0 aliphatic heterocycles. The molecule has 0 fully saturated rings. The van der Waals surface area contributed by atoms with Crippen LogP contribution < -0.4 is 0 Å². The zero-order valence-corrected chi connectivity index (χ0v) is 18.4. The molecule has 1 aromatic heterocycles. The highest BCUT2D eigenvalue weighted by molar-refractivity contribution is 7.98. The Morgan fingerprint density at radius 1 is 0.935 bits per heavy atom. The fraction of sp³-hybridized carbons (Fsp3) is 0.154. The van der Waals surface area contributed by atoms with E-state index in [9.17, 15) is 4.79 Å². The number of nitrogens with zero attached hydrogens (tertiary/aromatic N) is 1. The molecule has 0 spiro atoms. The number of hydrogen-bond donors (Lipinski definition) is 1. The van der Waals surface area contributed by atoms with Gasteiger partial charge in [-0.1, -0.05) is 78.9 Å². The first kappa shape index (κ1) is 20.9. The molecule has 0 saturated heterocycles. The van der Waals surface area contributed by atoms with Crippen LogP contribution in [0.25, 0.3) is 10.9 Å². The Morgan fingerprint density at radius 2 is 1.52 bits per heavy atom. The van der Waals surface area contributed by atoms with Crippen LogP contribution in [0.2, 0.25) is 0 Å². The minimum Gasteiger partial charge on any atom is -0.467 e. The topological polar surface area (TPSA) is 54.5 Å². The molecule has 4 aromatic rings. The number of ether oxygens (including phenoxy) is 1. The Kier molecular flexibility index (Phi) is 6.53. The van der Waals surface area contributed by atoms with Gasteiger partial charge in [-0.15, -0.1) is 11.8 Å². The quantitative estimate of drug-likeness (QED) is 0.240. The van der Waals surface area contributed by atoms with Gasteiger partial charge in [0.25, 0.3) is 0 Å². The summed E-state index contributed by atoms with van der Waals surface area (Å²) >= 11 is 1.64. The molecule has 0 radical (unpaired) electrons. The summed E-state index contributed by atoms with van der Waals surface area (Å²) in [5.41, 5.74) is 4.85. The Balaban J connectivity index is 1.82. The van der Waals surface area contributed by atoms with Crippen molar-refractivity contribution in [3.05, 3.63) is 102 Å². The Hall–Kier alpha value is -3.31. The van der Waals surface area contributed by atoms with Gasteiger partial charge in [-0.25, -0.2) is 4.79 Å². The second-order valence-electron chi connectivity index (χ2n) is 7.14. The molecule has 1 heterocycles.